The molecule has 0 aromatic carbocycles. The molecule has 1 N–H and O–H groups in total. The van der Waals surface area contributed by atoms with E-state index in [1.807, 2.05) is 18.9 Å². The molecule has 0 atom stereocenters. The smallest absolute Gasteiger partial charge is 0.231 e. The van der Waals surface area contributed by atoms with Crippen LogP contribution in [-0.4, -0.2) is 48.2 Å². The first-order valence-electron chi connectivity index (χ1n) is 6.70. The highest BCUT2D eigenvalue weighted by atomic mass is 15.4. The first kappa shape index (κ1) is 12.9. The highest BCUT2D eigenvalue weighted by Crippen LogP contribution is 2.19. The topological polar surface area (TPSA) is 57.2 Å². The summed E-state index contributed by atoms with van der Waals surface area (Å²) < 4.78 is 0. The van der Waals surface area contributed by atoms with Crippen LogP contribution in [0.4, 0.5) is 17.8 Å². The van der Waals surface area contributed by atoms with E-state index in [1.165, 1.54) is 12.8 Å². The van der Waals surface area contributed by atoms with Gasteiger partial charge in [-0.15, -0.1) is 0 Å². The van der Waals surface area contributed by atoms with Gasteiger partial charge in [-0.3, -0.25) is 0 Å². The van der Waals surface area contributed by atoms with Crippen LogP contribution in [0.15, 0.2) is 0 Å². The van der Waals surface area contributed by atoms with Crippen LogP contribution >= 0.6 is 0 Å². The van der Waals surface area contributed by atoms with Gasteiger partial charge in [0.05, 0.1) is 0 Å². The van der Waals surface area contributed by atoms with Crippen molar-refractivity contribution < 1.29 is 0 Å². The Morgan fingerprint density at radius 3 is 2.50 bits per heavy atom. The third kappa shape index (κ3) is 2.80. The zero-order chi connectivity index (χ0) is 13.0. The maximum absolute atomic E-state index is 4.56. The highest BCUT2D eigenvalue weighted by molar-refractivity contribution is 5.45. The van der Waals surface area contributed by atoms with E-state index < -0.39 is 0 Å². The first-order chi connectivity index (χ1) is 8.74. The zero-order valence-corrected chi connectivity index (χ0v) is 11.5. The molecule has 0 spiro atoms. The van der Waals surface area contributed by atoms with Crippen molar-refractivity contribution in [1.29, 1.82) is 0 Å². The van der Waals surface area contributed by atoms with Crippen LogP contribution < -0.4 is 15.1 Å². The second-order valence-corrected chi connectivity index (χ2v) is 4.50. The molecule has 1 aliphatic rings. The average molecular weight is 250 g/mol. The van der Waals surface area contributed by atoms with Crippen molar-refractivity contribution in [1.82, 2.24) is 15.0 Å². The molecule has 2 heterocycles. The molecule has 0 saturated carbocycles. The second kappa shape index (κ2) is 5.84. The van der Waals surface area contributed by atoms with E-state index in [0.717, 1.165) is 38.1 Å². The van der Waals surface area contributed by atoms with Gasteiger partial charge < -0.3 is 15.1 Å². The number of hydrogen-bond donors (Lipinski definition) is 1. The van der Waals surface area contributed by atoms with E-state index in [0.29, 0.717) is 5.95 Å². The summed E-state index contributed by atoms with van der Waals surface area (Å²) in [6.07, 6.45) is 2.45. The Labute approximate surface area is 108 Å². The van der Waals surface area contributed by atoms with Crippen LogP contribution in [0.1, 0.15) is 26.7 Å². The van der Waals surface area contributed by atoms with Gasteiger partial charge >= 0.3 is 0 Å². The summed E-state index contributed by atoms with van der Waals surface area (Å²) >= 11 is 0. The first-order valence-corrected chi connectivity index (χ1v) is 6.70. The highest BCUT2D eigenvalue weighted by Gasteiger charge is 2.18. The van der Waals surface area contributed by atoms with Crippen molar-refractivity contribution in [3.05, 3.63) is 0 Å². The lowest BCUT2D eigenvalue weighted by Gasteiger charge is -2.20. The third-order valence-corrected chi connectivity index (χ3v) is 3.15. The fraction of sp³-hybridized carbons (Fsp3) is 0.750. The summed E-state index contributed by atoms with van der Waals surface area (Å²) in [5, 5.41) is 3.18. The van der Waals surface area contributed by atoms with Gasteiger partial charge in [0.2, 0.25) is 17.8 Å². The minimum Gasteiger partial charge on any atom is -0.354 e. The summed E-state index contributed by atoms with van der Waals surface area (Å²) in [5.74, 6) is 2.21. The molecule has 6 heteroatoms. The quantitative estimate of drug-likeness (QED) is 0.851. The van der Waals surface area contributed by atoms with Gasteiger partial charge in [-0.1, -0.05) is 0 Å². The van der Waals surface area contributed by atoms with Crippen LogP contribution in [0.5, 0.6) is 0 Å². The summed E-state index contributed by atoms with van der Waals surface area (Å²) in [5.41, 5.74) is 0. The number of anilines is 3. The van der Waals surface area contributed by atoms with Crippen molar-refractivity contribution in [3.8, 4) is 0 Å². The predicted molar refractivity (Wildman–Crippen MR) is 74.4 cm³/mol. The molecule has 1 saturated heterocycles. The Kier molecular flexibility index (Phi) is 4.17. The summed E-state index contributed by atoms with van der Waals surface area (Å²) in [6.45, 7) is 7.93. The van der Waals surface area contributed by atoms with E-state index >= 15 is 0 Å². The van der Waals surface area contributed by atoms with Crippen LogP contribution in [-0.2, 0) is 0 Å². The Morgan fingerprint density at radius 1 is 1.17 bits per heavy atom. The standard InChI is InChI=1S/C12H22N6/c1-4-13-10-14-11(17(3)5-2)16-12(15-10)18-8-6-7-9-18/h4-9H2,1-3H3,(H,13,14,15,16). The Balaban J connectivity index is 2.29. The Bertz CT molecular complexity index is 388. The van der Waals surface area contributed by atoms with Gasteiger partial charge in [-0.25, -0.2) is 0 Å². The molecule has 0 amide bonds. The third-order valence-electron chi connectivity index (χ3n) is 3.15. The van der Waals surface area contributed by atoms with Crippen molar-refractivity contribution in [2.24, 2.45) is 0 Å². The van der Waals surface area contributed by atoms with Crippen molar-refractivity contribution in [2.75, 3.05) is 48.3 Å². The van der Waals surface area contributed by atoms with Gasteiger partial charge in [0.15, 0.2) is 0 Å². The molecular weight excluding hydrogens is 228 g/mol. The van der Waals surface area contributed by atoms with Gasteiger partial charge in [-0.05, 0) is 26.7 Å². The van der Waals surface area contributed by atoms with Crippen LogP contribution in [0.3, 0.4) is 0 Å². The van der Waals surface area contributed by atoms with Crippen LogP contribution in [0.2, 0.25) is 0 Å². The van der Waals surface area contributed by atoms with Gasteiger partial charge in [-0.2, -0.15) is 15.0 Å². The lowest BCUT2D eigenvalue weighted by Crippen LogP contribution is -2.25. The van der Waals surface area contributed by atoms with Gasteiger partial charge in [0.1, 0.15) is 0 Å². The molecule has 1 aromatic rings. The molecule has 1 fully saturated rings. The van der Waals surface area contributed by atoms with Crippen LogP contribution in [0, 0.1) is 0 Å². The number of nitrogens with zero attached hydrogens (tertiary/aromatic N) is 5. The minimum atomic E-state index is 0.671. The molecule has 1 aromatic heterocycles. The minimum absolute atomic E-state index is 0.671. The monoisotopic (exact) mass is 250 g/mol. The molecule has 0 aliphatic carbocycles. The fourth-order valence-corrected chi connectivity index (χ4v) is 1.96. The number of nitrogens with one attached hydrogen (secondary N) is 1. The lowest BCUT2D eigenvalue weighted by atomic mass is 10.4. The molecule has 18 heavy (non-hydrogen) atoms. The maximum Gasteiger partial charge on any atom is 0.231 e. The Hall–Kier alpha value is -1.59. The molecule has 0 unspecified atom stereocenters. The number of hydrogen-bond acceptors (Lipinski definition) is 6. The predicted octanol–water partition coefficient (Wildman–Crippen LogP) is 1.36. The SMILES string of the molecule is CCNc1nc(N(C)CC)nc(N2CCCC2)n1. The fourth-order valence-electron chi connectivity index (χ4n) is 1.96. The van der Waals surface area contributed by atoms with E-state index in [9.17, 15) is 0 Å². The molecule has 100 valence electrons. The van der Waals surface area contributed by atoms with E-state index in [-0.39, 0.29) is 0 Å². The molecular formula is C12H22N6. The molecule has 1 aliphatic heterocycles. The normalized spacial score (nSPS) is 14.9. The van der Waals surface area contributed by atoms with Gasteiger partial charge in [0.25, 0.3) is 0 Å². The van der Waals surface area contributed by atoms with Crippen molar-refractivity contribution in [3.63, 3.8) is 0 Å². The number of rotatable bonds is 5. The van der Waals surface area contributed by atoms with Crippen molar-refractivity contribution >= 4 is 17.8 Å². The molecule has 0 bridgehead atoms. The summed E-state index contributed by atoms with van der Waals surface area (Å²) in [7, 11) is 2.00. The lowest BCUT2D eigenvalue weighted by molar-refractivity contribution is 0.840. The largest absolute Gasteiger partial charge is 0.354 e. The Morgan fingerprint density at radius 2 is 1.89 bits per heavy atom. The average Bonchev–Trinajstić information content (AvgIpc) is 2.91. The molecule has 2 rings (SSSR count). The van der Waals surface area contributed by atoms with E-state index in [4.69, 9.17) is 0 Å². The second-order valence-electron chi connectivity index (χ2n) is 4.50. The maximum atomic E-state index is 4.56. The van der Waals surface area contributed by atoms with Gasteiger partial charge in [0, 0.05) is 33.2 Å². The molecule has 0 radical (unpaired) electrons. The van der Waals surface area contributed by atoms with E-state index in [2.05, 4.69) is 32.1 Å². The number of aromatic nitrogens is 3. The zero-order valence-electron chi connectivity index (χ0n) is 11.5. The summed E-state index contributed by atoms with van der Waals surface area (Å²) in [6, 6.07) is 0. The molecule has 6 nitrogen and oxygen atoms in total. The van der Waals surface area contributed by atoms with E-state index in [1.54, 1.807) is 0 Å². The summed E-state index contributed by atoms with van der Waals surface area (Å²) in [4.78, 5) is 17.7. The van der Waals surface area contributed by atoms with Crippen LogP contribution in [0.25, 0.3) is 0 Å². The van der Waals surface area contributed by atoms with Crippen molar-refractivity contribution in [2.45, 2.75) is 26.7 Å².